The Labute approximate surface area is 233 Å². The number of aryl methyl sites for hydroxylation is 1. The van der Waals surface area contributed by atoms with Crippen LogP contribution in [0.3, 0.4) is 0 Å². The van der Waals surface area contributed by atoms with Crippen LogP contribution in [-0.2, 0) is 22.4 Å². The molecule has 3 aromatic rings. The number of carbonyl (C=O) groups excluding carboxylic acids is 2. The molecule has 0 fully saturated rings. The molecule has 0 aliphatic heterocycles. The number of nitrogens with one attached hydrogen (secondary N) is 3. The normalized spacial score (nSPS) is 13.7. The maximum atomic E-state index is 13.3. The molecule has 0 radical (unpaired) electrons. The van der Waals surface area contributed by atoms with E-state index in [1.54, 1.807) is 26.5 Å². The molecule has 1 aromatic heterocycles. The predicted octanol–water partition coefficient (Wildman–Crippen LogP) is 3.03. The number of pyridine rings is 1. The number of ether oxygens (including phenoxy) is 3. The number of anilines is 1. The van der Waals surface area contributed by atoms with E-state index < -0.39 is 6.04 Å². The first-order chi connectivity index (χ1) is 19.4. The Hall–Kier alpha value is -4.60. The lowest BCUT2D eigenvalue weighted by Gasteiger charge is -2.19. The van der Waals surface area contributed by atoms with Gasteiger partial charge in [0.1, 0.15) is 0 Å². The van der Waals surface area contributed by atoms with Crippen molar-refractivity contribution in [3.05, 3.63) is 75.7 Å². The van der Waals surface area contributed by atoms with E-state index in [-0.39, 0.29) is 29.5 Å². The van der Waals surface area contributed by atoms with Gasteiger partial charge in [0, 0.05) is 37.3 Å². The fourth-order valence-corrected chi connectivity index (χ4v) is 4.97. The molecule has 2 amide bonds. The summed E-state index contributed by atoms with van der Waals surface area (Å²) in [6.45, 7) is 1.80. The van der Waals surface area contributed by atoms with Gasteiger partial charge in [-0.2, -0.15) is 0 Å². The van der Waals surface area contributed by atoms with E-state index in [1.807, 2.05) is 30.3 Å². The Morgan fingerprint density at radius 1 is 1.02 bits per heavy atom. The predicted molar refractivity (Wildman–Crippen MR) is 152 cm³/mol. The number of hydrogen-bond donors (Lipinski definition) is 3. The number of amides is 2. The molecule has 0 bridgehead atoms. The second-order valence-corrected chi connectivity index (χ2v) is 9.37. The fourth-order valence-electron chi connectivity index (χ4n) is 4.97. The molecule has 2 aromatic carbocycles. The van der Waals surface area contributed by atoms with E-state index in [0.717, 1.165) is 16.8 Å². The van der Waals surface area contributed by atoms with Gasteiger partial charge in [0.25, 0.3) is 0 Å². The number of rotatable bonds is 10. The molecule has 0 saturated heterocycles. The van der Waals surface area contributed by atoms with Gasteiger partial charge in [0.05, 0.1) is 39.6 Å². The van der Waals surface area contributed by atoms with Crippen molar-refractivity contribution in [3.63, 3.8) is 0 Å². The van der Waals surface area contributed by atoms with Crippen LogP contribution in [0, 0.1) is 0 Å². The summed E-state index contributed by atoms with van der Waals surface area (Å²) in [5, 5.41) is 8.79. The number of aromatic nitrogens is 1. The fraction of sp³-hybridized carbons (Fsp3) is 0.333. The number of nitrogens with zero attached hydrogens (tertiary/aromatic N) is 1. The number of fused-ring (bicyclic) bond motifs is 3. The Kier molecular flexibility index (Phi) is 9.21. The molecule has 10 heteroatoms. The van der Waals surface area contributed by atoms with Gasteiger partial charge < -0.3 is 30.2 Å². The quantitative estimate of drug-likeness (QED) is 0.354. The van der Waals surface area contributed by atoms with Crippen molar-refractivity contribution >= 4 is 17.5 Å². The van der Waals surface area contributed by atoms with Crippen LogP contribution in [-0.4, -0.2) is 51.2 Å². The minimum atomic E-state index is -0.413. The summed E-state index contributed by atoms with van der Waals surface area (Å²) in [7, 11) is 4.65. The Bertz CT molecular complexity index is 1440. The van der Waals surface area contributed by atoms with Crippen LogP contribution in [0.15, 0.2) is 53.5 Å². The molecule has 4 rings (SSSR count). The highest BCUT2D eigenvalue weighted by Gasteiger charge is 2.29. The number of carbonyl (C=O) groups is 2. The maximum Gasteiger partial charge on any atom is 0.239 e. The summed E-state index contributed by atoms with van der Waals surface area (Å²) < 4.78 is 17.0. The van der Waals surface area contributed by atoms with Crippen LogP contribution < -0.4 is 35.6 Å². The third-order valence-corrected chi connectivity index (χ3v) is 6.78. The van der Waals surface area contributed by atoms with Crippen molar-refractivity contribution < 1.29 is 23.8 Å². The topological polar surface area (TPSA) is 128 Å². The highest BCUT2D eigenvalue weighted by atomic mass is 16.5. The van der Waals surface area contributed by atoms with Crippen molar-refractivity contribution in [3.8, 4) is 28.4 Å². The third-order valence-electron chi connectivity index (χ3n) is 6.78. The van der Waals surface area contributed by atoms with Crippen molar-refractivity contribution in [1.82, 2.24) is 15.6 Å². The first kappa shape index (κ1) is 28.4. The zero-order valence-electron chi connectivity index (χ0n) is 23.1. The van der Waals surface area contributed by atoms with Crippen molar-refractivity contribution in [2.24, 2.45) is 0 Å². The molecule has 1 aliphatic carbocycles. The molecule has 10 nitrogen and oxygen atoms in total. The Balaban J connectivity index is 1.67. The molecular weight excluding hydrogens is 512 g/mol. The minimum Gasteiger partial charge on any atom is -0.493 e. The highest BCUT2D eigenvalue weighted by molar-refractivity contribution is 5.84. The van der Waals surface area contributed by atoms with E-state index in [1.165, 1.54) is 20.1 Å². The summed E-state index contributed by atoms with van der Waals surface area (Å²) in [5.74, 6) is 0.982. The SMILES string of the molecule is COc1cc2c(c(OC)c1OC)-c1ccc(NCC(=O)NCCc3ccccn3)c(=O)cc1[C@H](NC(C)=O)CC2. The van der Waals surface area contributed by atoms with E-state index >= 15 is 0 Å². The molecule has 1 atom stereocenters. The zero-order chi connectivity index (χ0) is 28.6. The minimum absolute atomic E-state index is 0.0772. The average Bonchev–Trinajstić information content (AvgIpc) is 3.19. The molecule has 0 saturated carbocycles. The van der Waals surface area contributed by atoms with E-state index in [9.17, 15) is 14.4 Å². The third kappa shape index (κ3) is 6.33. The monoisotopic (exact) mass is 546 g/mol. The molecule has 210 valence electrons. The van der Waals surface area contributed by atoms with Crippen LogP contribution in [0.5, 0.6) is 17.2 Å². The molecule has 1 heterocycles. The summed E-state index contributed by atoms with van der Waals surface area (Å²) in [6.07, 6.45) is 3.48. The summed E-state index contributed by atoms with van der Waals surface area (Å²) in [6, 6.07) is 12.1. The standard InChI is InChI=1S/C30H34N4O6/c1-18(35)34-23-10-8-19-15-26(38-2)29(39-3)30(40-4)28(19)21-9-11-24(25(36)16-22(21)23)33-17-27(37)32-14-12-20-7-5-6-13-31-20/h5-7,9,11,13,15-16,23H,8,10,12,14,17H2,1-4H3,(H,32,37)(H,33,36)(H,34,35)/t23-/m1/s1. The van der Waals surface area contributed by atoms with Crippen LogP contribution in [0.25, 0.3) is 11.1 Å². The van der Waals surface area contributed by atoms with Crippen molar-refractivity contribution in [1.29, 1.82) is 0 Å². The molecular formula is C30H34N4O6. The Morgan fingerprint density at radius 2 is 1.82 bits per heavy atom. The maximum absolute atomic E-state index is 13.3. The van der Waals surface area contributed by atoms with E-state index in [4.69, 9.17) is 14.2 Å². The van der Waals surface area contributed by atoms with Gasteiger partial charge in [0.15, 0.2) is 11.5 Å². The van der Waals surface area contributed by atoms with Crippen LogP contribution in [0.4, 0.5) is 5.69 Å². The number of benzene rings is 1. The smallest absolute Gasteiger partial charge is 0.239 e. The highest BCUT2D eigenvalue weighted by Crippen LogP contribution is 2.50. The number of methoxy groups -OCH3 is 3. The van der Waals surface area contributed by atoms with Crippen LogP contribution in [0.1, 0.15) is 36.2 Å². The number of hydrogen-bond acceptors (Lipinski definition) is 8. The van der Waals surface area contributed by atoms with Gasteiger partial charge in [-0.1, -0.05) is 12.1 Å². The van der Waals surface area contributed by atoms with Gasteiger partial charge >= 0.3 is 0 Å². The summed E-state index contributed by atoms with van der Waals surface area (Å²) >= 11 is 0. The summed E-state index contributed by atoms with van der Waals surface area (Å²) in [4.78, 5) is 42.2. The summed E-state index contributed by atoms with van der Waals surface area (Å²) in [5.41, 5.74) is 3.90. The van der Waals surface area contributed by atoms with Gasteiger partial charge in [-0.05, 0) is 59.9 Å². The lowest BCUT2D eigenvalue weighted by Crippen LogP contribution is -2.32. The molecule has 1 aliphatic rings. The van der Waals surface area contributed by atoms with Crippen LogP contribution in [0.2, 0.25) is 0 Å². The van der Waals surface area contributed by atoms with Crippen molar-refractivity contribution in [2.75, 3.05) is 39.7 Å². The molecule has 0 unspecified atom stereocenters. The van der Waals surface area contributed by atoms with Gasteiger partial charge in [-0.3, -0.25) is 19.4 Å². The first-order valence-electron chi connectivity index (χ1n) is 13.0. The molecule has 3 N–H and O–H groups in total. The lowest BCUT2D eigenvalue weighted by atomic mass is 9.95. The zero-order valence-corrected chi connectivity index (χ0v) is 23.1. The second kappa shape index (κ2) is 13.0. The Morgan fingerprint density at radius 3 is 2.50 bits per heavy atom. The second-order valence-electron chi connectivity index (χ2n) is 9.37. The van der Waals surface area contributed by atoms with E-state index in [2.05, 4.69) is 20.9 Å². The van der Waals surface area contributed by atoms with Gasteiger partial charge in [0.2, 0.25) is 23.0 Å². The largest absolute Gasteiger partial charge is 0.493 e. The molecule has 0 spiro atoms. The first-order valence-corrected chi connectivity index (χ1v) is 13.0. The van der Waals surface area contributed by atoms with Crippen LogP contribution >= 0.6 is 0 Å². The van der Waals surface area contributed by atoms with Gasteiger partial charge in [-0.15, -0.1) is 0 Å². The average molecular weight is 547 g/mol. The lowest BCUT2D eigenvalue weighted by molar-refractivity contribution is -0.120. The van der Waals surface area contributed by atoms with E-state index in [0.29, 0.717) is 54.2 Å². The van der Waals surface area contributed by atoms with Crippen molar-refractivity contribution in [2.45, 2.75) is 32.2 Å². The molecule has 40 heavy (non-hydrogen) atoms. The van der Waals surface area contributed by atoms with Gasteiger partial charge in [-0.25, -0.2) is 0 Å².